The maximum Gasteiger partial charge on any atom is 0.146 e. The Morgan fingerprint density at radius 3 is 2.68 bits per heavy atom. The van der Waals surface area contributed by atoms with Gasteiger partial charge in [-0.2, -0.15) is 0 Å². The average molecular weight is 266 g/mol. The number of halogens is 1. The van der Waals surface area contributed by atoms with Gasteiger partial charge in [-0.25, -0.2) is 4.39 Å². The fraction of sp³-hybridized carbons (Fsp3) is 0.600. The molecule has 0 bridgehead atoms. The Bertz CT molecular complexity index is 419. The third kappa shape index (κ3) is 3.91. The van der Waals surface area contributed by atoms with Gasteiger partial charge < -0.3 is 15.3 Å². The van der Waals surface area contributed by atoms with E-state index in [2.05, 4.69) is 19.2 Å². The molecule has 0 heterocycles. The van der Waals surface area contributed by atoms with Crippen molar-refractivity contribution in [1.29, 1.82) is 0 Å². The zero-order valence-corrected chi connectivity index (χ0v) is 11.7. The molecule has 0 unspecified atom stereocenters. The third-order valence-corrected chi connectivity index (χ3v) is 3.36. The van der Waals surface area contributed by atoms with Crippen LogP contribution < -0.4 is 10.2 Å². The third-order valence-electron chi connectivity index (χ3n) is 3.36. The molecule has 0 atom stereocenters. The van der Waals surface area contributed by atoms with Gasteiger partial charge in [0.15, 0.2) is 0 Å². The second kappa shape index (κ2) is 6.35. The second-order valence-corrected chi connectivity index (χ2v) is 5.47. The monoisotopic (exact) mass is 266 g/mol. The number of hydrogen-bond acceptors (Lipinski definition) is 3. The summed E-state index contributed by atoms with van der Waals surface area (Å²) in [5.74, 6) is -0.191. The molecule has 4 heteroatoms. The molecule has 0 spiro atoms. The smallest absolute Gasteiger partial charge is 0.146 e. The molecule has 0 aliphatic heterocycles. The summed E-state index contributed by atoms with van der Waals surface area (Å²) >= 11 is 0. The first-order valence-corrected chi connectivity index (χ1v) is 7.01. The van der Waals surface area contributed by atoms with E-state index in [-0.39, 0.29) is 12.4 Å². The first kappa shape index (κ1) is 14.3. The quantitative estimate of drug-likeness (QED) is 0.795. The molecule has 1 aromatic carbocycles. The summed E-state index contributed by atoms with van der Waals surface area (Å²) < 4.78 is 14.2. The van der Waals surface area contributed by atoms with Crippen LogP contribution in [0.4, 0.5) is 10.1 Å². The lowest BCUT2D eigenvalue weighted by atomic mass is 10.1. The number of rotatable bonds is 7. The van der Waals surface area contributed by atoms with Gasteiger partial charge in [-0.05, 0) is 30.5 Å². The van der Waals surface area contributed by atoms with Crippen LogP contribution in [0.15, 0.2) is 18.2 Å². The van der Waals surface area contributed by atoms with Gasteiger partial charge in [0.1, 0.15) is 5.82 Å². The number of anilines is 1. The summed E-state index contributed by atoms with van der Waals surface area (Å²) in [6.45, 7) is 5.39. The number of aliphatic hydroxyl groups excluding tert-OH is 1. The molecule has 0 radical (unpaired) electrons. The van der Waals surface area contributed by atoms with Gasteiger partial charge in [0.25, 0.3) is 0 Å². The number of benzene rings is 1. The van der Waals surface area contributed by atoms with Crippen LogP contribution >= 0.6 is 0 Å². The van der Waals surface area contributed by atoms with Crippen molar-refractivity contribution in [1.82, 2.24) is 5.32 Å². The zero-order chi connectivity index (χ0) is 13.8. The lowest BCUT2D eigenvalue weighted by Gasteiger charge is -2.24. The molecular weight excluding hydrogens is 243 g/mol. The van der Waals surface area contributed by atoms with Gasteiger partial charge in [-0.1, -0.05) is 19.9 Å². The Labute approximate surface area is 114 Å². The highest BCUT2D eigenvalue weighted by Gasteiger charge is 2.30. The molecule has 0 amide bonds. The summed E-state index contributed by atoms with van der Waals surface area (Å²) in [6.07, 6.45) is 2.19. The zero-order valence-electron chi connectivity index (χ0n) is 11.7. The van der Waals surface area contributed by atoms with Crippen LogP contribution in [0.25, 0.3) is 0 Å². The number of nitrogens with one attached hydrogen (secondary N) is 1. The van der Waals surface area contributed by atoms with Gasteiger partial charge in [-0.3, -0.25) is 0 Å². The van der Waals surface area contributed by atoms with E-state index >= 15 is 0 Å². The predicted octanol–water partition coefficient (Wildman–Crippen LogP) is 2.28. The molecular formula is C15H23FN2O. The van der Waals surface area contributed by atoms with E-state index in [1.54, 1.807) is 6.07 Å². The molecule has 1 aliphatic carbocycles. The highest BCUT2D eigenvalue weighted by atomic mass is 19.1. The average Bonchev–Trinajstić information content (AvgIpc) is 3.18. The topological polar surface area (TPSA) is 35.5 Å². The van der Waals surface area contributed by atoms with Gasteiger partial charge in [0, 0.05) is 25.2 Å². The van der Waals surface area contributed by atoms with Crippen LogP contribution in [-0.4, -0.2) is 30.3 Å². The Kier molecular flexibility index (Phi) is 4.77. The lowest BCUT2D eigenvalue weighted by molar-refractivity contribution is 0.301. The Morgan fingerprint density at radius 2 is 2.16 bits per heavy atom. The van der Waals surface area contributed by atoms with E-state index in [9.17, 15) is 4.39 Å². The van der Waals surface area contributed by atoms with E-state index in [0.717, 1.165) is 18.4 Å². The molecule has 1 fully saturated rings. The highest BCUT2D eigenvalue weighted by Crippen LogP contribution is 2.33. The summed E-state index contributed by atoms with van der Waals surface area (Å²) in [5, 5.41) is 12.4. The highest BCUT2D eigenvalue weighted by molar-refractivity contribution is 5.51. The van der Waals surface area contributed by atoms with Crippen LogP contribution in [0.1, 0.15) is 32.3 Å². The fourth-order valence-electron chi connectivity index (χ4n) is 2.21. The van der Waals surface area contributed by atoms with Crippen molar-refractivity contribution in [2.45, 2.75) is 45.3 Å². The van der Waals surface area contributed by atoms with Gasteiger partial charge in [0.2, 0.25) is 0 Å². The molecule has 2 N–H and O–H groups in total. The minimum absolute atomic E-state index is 0.0621. The van der Waals surface area contributed by atoms with Crippen molar-refractivity contribution in [2.75, 3.05) is 18.1 Å². The minimum atomic E-state index is -0.191. The number of aliphatic hydroxyl groups is 1. The van der Waals surface area contributed by atoms with Crippen molar-refractivity contribution in [3.63, 3.8) is 0 Å². The van der Waals surface area contributed by atoms with Crippen molar-refractivity contribution >= 4 is 5.69 Å². The summed E-state index contributed by atoms with van der Waals surface area (Å²) in [4.78, 5) is 1.98. The molecule has 0 aromatic heterocycles. The Hall–Kier alpha value is -1.13. The van der Waals surface area contributed by atoms with Crippen LogP contribution in [0.3, 0.4) is 0 Å². The second-order valence-electron chi connectivity index (χ2n) is 5.47. The fourth-order valence-corrected chi connectivity index (χ4v) is 2.21. The standard InChI is InChI=1S/C15H23FN2O/c1-11(2)17-10-12-3-6-15(14(16)9-12)18(7-8-19)13-4-5-13/h3,6,9,11,13,17,19H,4-5,7-8,10H2,1-2H3. The van der Waals surface area contributed by atoms with Crippen molar-refractivity contribution in [3.05, 3.63) is 29.6 Å². The van der Waals surface area contributed by atoms with Crippen molar-refractivity contribution < 1.29 is 9.50 Å². The van der Waals surface area contributed by atoms with Crippen LogP contribution in [-0.2, 0) is 6.54 Å². The summed E-state index contributed by atoms with van der Waals surface area (Å²) in [6, 6.07) is 6.18. The van der Waals surface area contributed by atoms with E-state index in [1.807, 2.05) is 17.0 Å². The van der Waals surface area contributed by atoms with Crippen molar-refractivity contribution in [3.8, 4) is 0 Å². The summed E-state index contributed by atoms with van der Waals surface area (Å²) in [7, 11) is 0. The molecule has 1 aromatic rings. The predicted molar refractivity (Wildman–Crippen MR) is 75.8 cm³/mol. The molecule has 1 aliphatic rings. The van der Waals surface area contributed by atoms with E-state index in [4.69, 9.17) is 5.11 Å². The SMILES string of the molecule is CC(C)NCc1ccc(N(CCO)C2CC2)c(F)c1. The Balaban J connectivity index is 2.08. The van der Waals surface area contributed by atoms with E-state index in [1.165, 1.54) is 0 Å². The molecule has 2 rings (SSSR count). The van der Waals surface area contributed by atoms with Crippen LogP contribution in [0.2, 0.25) is 0 Å². The Morgan fingerprint density at radius 1 is 1.42 bits per heavy atom. The maximum absolute atomic E-state index is 14.2. The molecule has 1 saturated carbocycles. The molecule has 0 saturated heterocycles. The normalized spacial score (nSPS) is 15.0. The maximum atomic E-state index is 14.2. The van der Waals surface area contributed by atoms with Crippen LogP contribution in [0.5, 0.6) is 0 Å². The molecule has 3 nitrogen and oxygen atoms in total. The first-order valence-electron chi connectivity index (χ1n) is 7.01. The molecule has 106 valence electrons. The largest absolute Gasteiger partial charge is 0.395 e. The lowest BCUT2D eigenvalue weighted by Crippen LogP contribution is -2.29. The number of hydrogen-bond donors (Lipinski definition) is 2. The molecule has 19 heavy (non-hydrogen) atoms. The van der Waals surface area contributed by atoms with Crippen molar-refractivity contribution in [2.24, 2.45) is 0 Å². The van der Waals surface area contributed by atoms with Crippen LogP contribution in [0, 0.1) is 5.82 Å². The van der Waals surface area contributed by atoms with Gasteiger partial charge in [0.05, 0.1) is 12.3 Å². The minimum Gasteiger partial charge on any atom is -0.395 e. The first-order chi connectivity index (χ1) is 9.11. The number of nitrogens with zero attached hydrogens (tertiary/aromatic N) is 1. The van der Waals surface area contributed by atoms with Gasteiger partial charge >= 0.3 is 0 Å². The van der Waals surface area contributed by atoms with Gasteiger partial charge in [-0.15, -0.1) is 0 Å². The van der Waals surface area contributed by atoms with E-state index < -0.39 is 0 Å². The summed E-state index contributed by atoms with van der Waals surface area (Å²) in [5.41, 5.74) is 1.57. The van der Waals surface area contributed by atoms with E-state index in [0.29, 0.717) is 30.9 Å².